The second kappa shape index (κ2) is 9.10. The van der Waals surface area contributed by atoms with E-state index in [0.29, 0.717) is 16.8 Å². The molecule has 0 unspecified atom stereocenters. The number of alkyl halides is 2. The van der Waals surface area contributed by atoms with Crippen LogP contribution in [0.2, 0.25) is 5.02 Å². The number of carbonyl (C=O) groups excluding carboxylic acids is 2. The van der Waals surface area contributed by atoms with Crippen molar-refractivity contribution in [2.45, 2.75) is 32.2 Å². The number of pyridine rings is 1. The van der Waals surface area contributed by atoms with Crippen LogP contribution in [0.1, 0.15) is 34.5 Å². The zero-order valence-corrected chi connectivity index (χ0v) is 15.7. The van der Waals surface area contributed by atoms with E-state index < -0.39 is 13.0 Å². The Bertz CT molecular complexity index is 872. The van der Waals surface area contributed by atoms with Gasteiger partial charge in [0.2, 0.25) is 0 Å². The molecular weight excluding hydrogens is 390 g/mol. The van der Waals surface area contributed by atoms with Crippen molar-refractivity contribution in [1.82, 2.24) is 10.3 Å². The molecule has 1 aromatic heterocycles. The van der Waals surface area contributed by atoms with E-state index in [4.69, 9.17) is 16.3 Å². The van der Waals surface area contributed by atoms with Gasteiger partial charge in [0.1, 0.15) is 18.1 Å². The molecule has 0 atom stereocenters. The van der Waals surface area contributed by atoms with E-state index in [9.17, 15) is 18.4 Å². The molecular formula is C20H19ClF2N2O3. The number of hydrogen-bond acceptors (Lipinski definition) is 4. The van der Waals surface area contributed by atoms with E-state index in [1.807, 2.05) is 0 Å². The van der Waals surface area contributed by atoms with Crippen molar-refractivity contribution in [3.05, 3.63) is 58.4 Å². The van der Waals surface area contributed by atoms with Gasteiger partial charge in [-0.05, 0) is 42.7 Å². The van der Waals surface area contributed by atoms with Crippen LogP contribution in [0.3, 0.4) is 0 Å². The normalized spacial score (nSPS) is 13.4. The number of ether oxygens (including phenoxy) is 1. The minimum absolute atomic E-state index is 0.150. The van der Waals surface area contributed by atoms with E-state index >= 15 is 0 Å². The molecule has 0 radical (unpaired) electrons. The van der Waals surface area contributed by atoms with Crippen LogP contribution in [0.5, 0.6) is 5.75 Å². The summed E-state index contributed by atoms with van der Waals surface area (Å²) in [6.07, 6.45) is 1.04. The zero-order chi connectivity index (χ0) is 20.1. The molecule has 8 heteroatoms. The van der Waals surface area contributed by atoms with Gasteiger partial charge < -0.3 is 10.1 Å². The maximum Gasteiger partial charge on any atom is 0.272 e. The number of Topliss-reactive ketones (excluding diaryl/α,β-unsaturated/α-hetero) is 1. The van der Waals surface area contributed by atoms with Crippen LogP contribution in [0, 0.1) is 5.92 Å². The molecule has 28 heavy (non-hydrogen) atoms. The quantitative estimate of drug-likeness (QED) is 0.684. The minimum Gasteiger partial charge on any atom is -0.486 e. The van der Waals surface area contributed by atoms with Gasteiger partial charge in [0.05, 0.1) is 5.02 Å². The number of aromatic nitrogens is 1. The average Bonchev–Trinajstić information content (AvgIpc) is 3.50. The van der Waals surface area contributed by atoms with Gasteiger partial charge >= 0.3 is 0 Å². The number of hydrogen-bond donors (Lipinski definition) is 1. The lowest BCUT2D eigenvalue weighted by atomic mass is 10.1. The molecule has 0 bridgehead atoms. The second-order valence-corrected chi connectivity index (χ2v) is 7.01. The lowest BCUT2D eigenvalue weighted by Crippen LogP contribution is -2.23. The lowest BCUT2D eigenvalue weighted by Gasteiger charge is -2.10. The first-order chi connectivity index (χ1) is 13.4. The monoisotopic (exact) mass is 408 g/mol. The molecule has 2 aromatic rings. The number of rotatable bonds is 9. The van der Waals surface area contributed by atoms with Crippen LogP contribution in [0.25, 0.3) is 0 Å². The Morgan fingerprint density at radius 1 is 1.25 bits per heavy atom. The van der Waals surface area contributed by atoms with E-state index in [2.05, 4.69) is 10.3 Å². The number of nitrogens with zero attached hydrogens (tertiary/aromatic N) is 1. The van der Waals surface area contributed by atoms with Crippen molar-refractivity contribution in [2.75, 3.05) is 6.61 Å². The molecule has 1 saturated carbocycles. The summed E-state index contributed by atoms with van der Waals surface area (Å²) in [7, 11) is 0. The van der Waals surface area contributed by atoms with Gasteiger partial charge in [0.15, 0.2) is 0 Å². The summed E-state index contributed by atoms with van der Waals surface area (Å²) in [6, 6.07) is 7.87. The molecule has 1 fully saturated rings. The molecule has 148 valence electrons. The van der Waals surface area contributed by atoms with E-state index in [0.717, 1.165) is 12.8 Å². The van der Waals surface area contributed by atoms with Crippen LogP contribution in [-0.2, 0) is 17.8 Å². The predicted molar refractivity (Wildman–Crippen MR) is 99.8 cm³/mol. The molecule has 1 N–H and O–H groups in total. The van der Waals surface area contributed by atoms with Gasteiger partial charge in [-0.3, -0.25) is 14.6 Å². The van der Waals surface area contributed by atoms with Crippen molar-refractivity contribution < 1.29 is 23.1 Å². The van der Waals surface area contributed by atoms with Crippen LogP contribution in [0.15, 0.2) is 36.5 Å². The van der Waals surface area contributed by atoms with Crippen LogP contribution >= 0.6 is 11.6 Å². The molecule has 1 amide bonds. The third-order valence-corrected chi connectivity index (χ3v) is 4.58. The third kappa shape index (κ3) is 5.73. The Kier molecular flexibility index (Phi) is 6.57. The van der Waals surface area contributed by atoms with Gasteiger partial charge in [-0.25, -0.2) is 8.78 Å². The SMILES string of the molecule is O=C(NCc1ccc(OCC(F)F)c(Cl)c1)c1ccnc(CC(=O)C2CC2)c1. The summed E-state index contributed by atoms with van der Waals surface area (Å²) >= 11 is 6.02. The maximum atomic E-state index is 12.4. The average molecular weight is 409 g/mol. The molecule has 0 spiro atoms. The smallest absolute Gasteiger partial charge is 0.272 e. The summed E-state index contributed by atoms with van der Waals surface area (Å²) in [5.74, 6) is 0.165. The van der Waals surface area contributed by atoms with Crippen molar-refractivity contribution in [1.29, 1.82) is 0 Å². The number of carbonyl (C=O) groups is 2. The number of benzene rings is 1. The Morgan fingerprint density at radius 3 is 2.71 bits per heavy atom. The largest absolute Gasteiger partial charge is 0.486 e. The standard InChI is InChI=1S/C20H19ClF2N2O3/c21-16-7-12(1-4-18(16)28-11-19(22)23)10-25-20(27)14-5-6-24-15(8-14)9-17(26)13-2-3-13/h1,4-8,13,19H,2-3,9-11H2,(H,25,27). The minimum atomic E-state index is -2.58. The molecule has 1 aliphatic carbocycles. The van der Waals surface area contributed by atoms with E-state index in [1.54, 1.807) is 24.3 Å². The molecule has 0 saturated heterocycles. The lowest BCUT2D eigenvalue weighted by molar-refractivity contribution is -0.119. The van der Waals surface area contributed by atoms with Crippen molar-refractivity contribution in [2.24, 2.45) is 5.92 Å². The van der Waals surface area contributed by atoms with Crippen molar-refractivity contribution in [3.63, 3.8) is 0 Å². The Balaban J connectivity index is 1.56. The number of ketones is 1. The second-order valence-electron chi connectivity index (χ2n) is 6.60. The maximum absolute atomic E-state index is 12.4. The molecule has 3 rings (SSSR count). The van der Waals surface area contributed by atoms with E-state index in [-0.39, 0.29) is 41.3 Å². The number of nitrogens with one attached hydrogen (secondary N) is 1. The van der Waals surface area contributed by atoms with Crippen LogP contribution in [-0.4, -0.2) is 29.7 Å². The highest BCUT2D eigenvalue weighted by Crippen LogP contribution is 2.30. The number of amides is 1. The molecule has 1 aromatic carbocycles. The van der Waals surface area contributed by atoms with Crippen molar-refractivity contribution >= 4 is 23.3 Å². The van der Waals surface area contributed by atoms with Gasteiger partial charge in [-0.15, -0.1) is 0 Å². The van der Waals surface area contributed by atoms with Gasteiger partial charge in [0, 0.05) is 36.3 Å². The highest BCUT2D eigenvalue weighted by atomic mass is 35.5. The van der Waals surface area contributed by atoms with Crippen molar-refractivity contribution in [3.8, 4) is 5.75 Å². The summed E-state index contributed by atoms with van der Waals surface area (Å²) in [5, 5.41) is 2.95. The fourth-order valence-electron chi connectivity index (χ4n) is 2.65. The Hall–Kier alpha value is -2.54. The summed E-state index contributed by atoms with van der Waals surface area (Å²) in [4.78, 5) is 28.4. The predicted octanol–water partition coefficient (Wildman–Crippen LogP) is 3.83. The topological polar surface area (TPSA) is 68.3 Å². The van der Waals surface area contributed by atoms with Crippen LogP contribution < -0.4 is 10.1 Å². The molecule has 5 nitrogen and oxygen atoms in total. The molecule has 0 aliphatic heterocycles. The Morgan fingerprint density at radius 2 is 2.04 bits per heavy atom. The summed E-state index contributed by atoms with van der Waals surface area (Å²) in [6.45, 7) is -0.532. The van der Waals surface area contributed by atoms with Gasteiger partial charge in [-0.2, -0.15) is 0 Å². The number of halogens is 3. The first kappa shape index (κ1) is 20.2. The van der Waals surface area contributed by atoms with Crippen LogP contribution in [0.4, 0.5) is 8.78 Å². The molecule has 1 heterocycles. The van der Waals surface area contributed by atoms with Gasteiger partial charge in [-0.1, -0.05) is 17.7 Å². The highest BCUT2D eigenvalue weighted by Gasteiger charge is 2.29. The zero-order valence-electron chi connectivity index (χ0n) is 15.0. The van der Waals surface area contributed by atoms with Gasteiger partial charge in [0.25, 0.3) is 12.3 Å². The molecule has 1 aliphatic rings. The Labute approximate surface area is 166 Å². The first-order valence-electron chi connectivity index (χ1n) is 8.87. The summed E-state index contributed by atoms with van der Waals surface area (Å²) < 4.78 is 29.3. The fourth-order valence-corrected chi connectivity index (χ4v) is 2.91. The van der Waals surface area contributed by atoms with E-state index in [1.165, 1.54) is 12.3 Å². The summed E-state index contributed by atoms with van der Waals surface area (Å²) in [5.41, 5.74) is 1.69. The third-order valence-electron chi connectivity index (χ3n) is 4.28. The first-order valence-corrected chi connectivity index (χ1v) is 9.25. The fraction of sp³-hybridized carbons (Fsp3) is 0.350. The highest BCUT2D eigenvalue weighted by molar-refractivity contribution is 6.32.